The Balaban J connectivity index is 3.12. The van der Waals surface area contributed by atoms with Gasteiger partial charge in [0.15, 0.2) is 0 Å². The second-order valence-corrected chi connectivity index (χ2v) is 1.75. The minimum atomic E-state index is 0.468. The first kappa shape index (κ1) is 5.77. The molecule has 1 rings (SSSR count). The molecule has 0 bridgehead atoms. The highest BCUT2D eigenvalue weighted by Crippen LogP contribution is 2.05. The summed E-state index contributed by atoms with van der Waals surface area (Å²) in [6, 6.07) is 5.39. The van der Waals surface area contributed by atoms with Crippen molar-refractivity contribution in [3.8, 4) is 0 Å². The van der Waals surface area contributed by atoms with Crippen molar-refractivity contribution in [1.82, 2.24) is 4.98 Å². The zero-order valence-corrected chi connectivity index (χ0v) is 5.13. The lowest BCUT2D eigenvalue weighted by atomic mass is 10.4. The number of aromatic nitrogens is 1. The summed E-state index contributed by atoms with van der Waals surface area (Å²) in [6.45, 7) is 8.47. The SMILES string of the molecule is [C-]#[N+]c1cccc(C)n1. The predicted octanol–water partition coefficient (Wildman–Crippen LogP) is 1.94. The van der Waals surface area contributed by atoms with Crippen molar-refractivity contribution in [2.75, 3.05) is 0 Å². The van der Waals surface area contributed by atoms with Crippen LogP contribution in [-0.4, -0.2) is 4.98 Å². The lowest BCUT2D eigenvalue weighted by Gasteiger charge is -1.85. The van der Waals surface area contributed by atoms with Crippen molar-refractivity contribution in [2.24, 2.45) is 0 Å². The van der Waals surface area contributed by atoms with Gasteiger partial charge in [0.05, 0.1) is 0 Å². The Morgan fingerprint density at radius 1 is 1.56 bits per heavy atom. The van der Waals surface area contributed by atoms with Crippen molar-refractivity contribution < 1.29 is 0 Å². The second kappa shape index (κ2) is 2.27. The van der Waals surface area contributed by atoms with Gasteiger partial charge in [-0.05, 0) is 12.1 Å². The van der Waals surface area contributed by atoms with Crippen LogP contribution in [-0.2, 0) is 0 Å². The third-order valence-electron chi connectivity index (χ3n) is 0.988. The number of aryl methyl sites for hydroxylation is 1. The topological polar surface area (TPSA) is 17.2 Å². The maximum Gasteiger partial charge on any atom is 0.269 e. The molecule has 0 atom stereocenters. The molecule has 44 valence electrons. The van der Waals surface area contributed by atoms with Gasteiger partial charge in [0.25, 0.3) is 5.82 Å². The van der Waals surface area contributed by atoms with Crippen molar-refractivity contribution in [3.63, 3.8) is 0 Å². The highest BCUT2D eigenvalue weighted by molar-refractivity contribution is 5.35. The number of nitrogens with zero attached hydrogens (tertiary/aromatic N) is 2. The Bertz CT molecular complexity index is 247. The Labute approximate surface area is 54.0 Å². The van der Waals surface area contributed by atoms with Crippen LogP contribution in [0.15, 0.2) is 18.2 Å². The van der Waals surface area contributed by atoms with E-state index in [2.05, 4.69) is 9.83 Å². The molecule has 0 spiro atoms. The molecular formula is C7H6N2. The molecule has 0 unspecified atom stereocenters. The molecular weight excluding hydrogens is 112 g/mol. The van der Waals surface area contributed by atoms with Gasteiger partial charge in [-0.15, -0.1) is 4.98 Å². The van der Waals surface area contributed by atoms with Gasteiger partial charge in [-0.3, -0.25) is 0 Å². The smallest absolute Gasteiger partial charge is 0.269 e. The fourth-order valence-electron chi connectivity index (χ4n) is 0.591. The van der Waals surface area contributed by atoms with Gasteiger partial charge in [-0.2, -0.15) is 0 Å². The molecule has 0 fully saturated rings. The second-order valence-electron chi connectivity index (χ2n) is 1.75. The van der Waals surface area contributed by atoms with Gasteiger partial charge < -0.3 is 4.85 Å². The lowest BCUT2D eigenvalue weighted by Crippen LogP contribution is -1.75. The third kappa shape index (κ3) is 1.26. The molecule has 1 aromatic rings. The summed E-state index contributed by atoms with van der Waals surface area (Å²) in [5, 5.41) is 0. The zero-order chi connectivity index (χ0) is 6.69. The lowest BCUT2D eigenvalue weighted by molar-refractivity contribution is 1.22. The van der Waals surface area contributed by atoms with E-state index in [1.165, 1.54) is 0 Å². The van der Waals surface area contributed by atoms with Crippen LogP contribution in [0, 0.1) is 13.5 Å². The summed E-state index contributed by atoms with van der Waals surface area (Å²) in [4.78, 5) is 7.11. The highest BCUT2D eigenvalue weighted by Gasteiger charge is 1.90. The Kier molecular flexibility index (Phi) is 1.46. The molecule has 0 saturated carbocycles. The molecule has 0 amide bonds. The van der Waals surface area contributed by atoms with Gasteiger partial charge in [-0.1, -0.05) is 12.6 Å². The number of hydrogen-bond donors (Lipinski definition) is 0. The summed E-state index contributed by atoms with van der Waals surface area (Å²) < 4.78 is 0. The highest BCUT2D eigenvalue weighted by atomic mass is 14.9. The van der Waals surface area contributed by atoms with E-state index in [-0.39, 0.29) is 0 Å². The van der Waals surface area contributed by atoms with Crippen LogP contribution in [0.2, 0.25) is 0 Å². The Morgan fingerprint density at radius 2 is 2.33 bits per heavy atom. The van der Waals surface area contributed by atoms with Crippen LogP contribution in [0.3, 0.4) is 0 Å². The van der Waals surface area contributed by atoms with Gasteiger partial charge in [0.2, 0.25) is 0 Å². The van der Waals surface area contributed by atoms with Gasteiger partial charge in [-0.25, -0.2) is 0 Å². The molecule has 1 aromatic heterocycles. The molecule has 0 aliphatic heterocycles. The molecule has 0 saturated heterocycles. The molecule has 0 aliphatic rings. The summed E-state index contributed by atoms with van der Waals surface area (Å²) in [7, 11) is 0. The first-order chi connectivity index (χ1) is 4.33. The van der Waals surface area contributed by atoms with Crippen LogP contribution in [0.5, 0.6) is 0 Å². The average molecular weight is 118 g/mol. The van der Waals surface area contributed by atoms with Gasteiger partial charge in [0.1, 0.15) is 5.69 Å². The maximum atomic E-state index is 6.60. The molecule has 0 aromatic carbocycles. The van der Waals surface area contributed by atoms with E-state index in [9.17, 15) is 0 Å². The molecule has 0 aliphatic carbocycles. The first-order valence-corrected chi connectivity index (χ1v) is 2.64. The fraction of sp³-hybridized carbons (Fsp3) is 0.143. The third-order valence-corrected chi connectivity index (χ3v) is 0.988. The van der Waals surface area contributed by atoms with Crippen LogP contribution >= 0.6 is 0 Å². The minimum Gasteiger partial charge on any atom is -0.361 e. The van der Waals surface area contributed by atoms with Crippen molar-refractivity contribution in [3.05, 3.63) is 35.3 Å². The first-order valence-electron chi connectivity index (χ1n) is 2.64. The van der Waals surface area contributed by atoms with Crippen LogP contribution < -0.4 is 0 Å². The molecule has 1 heterocycles. The number of pyridine rings is 1. The quantitative estimate of drug-likeness (QED) is 0.476. The standard InChI is InChI=1S/C7H6N2/c1-6-4-3-5-7(8-2)9-6/h3-5H,1H3. The van der Waals surface area contributed by atoms with Gasteiger partial charge in [0, 0.05) is 6.92 Å². The average Bonchev–Trinajstić information content (AvgIpc) is 1.88. The van der Waals surface area contributed by atoms with Crippen molar-refractivity contribution in [1.29, 1.82) is 0 Å². The van der Waals surface area contributed by atoms with E-state index in [4.69, 9.17) is 6.57 Å². The predicted molar refractivity (Wildman–Crippen MR) is 35.2 cm³/mol. The molecule has 0 radical (unpaired) electrons. The summed E-state index contributed by atoms with van der Waals surface area (Å²) >= 11 is 0. The van der Waals surface area contributed by atoms with Crippen LogP contribution in [0.4, 0.5) is 5.82 Å². The Hall–Kier alpha value is -1.36. The number of hydrogen-bond acceptors (Lipinski definition) is 1. The summed E-state index contributed by atoms with van der Waals surface area (Å²) in [5.74, 6) is 0.468. The van der Waals surface area contributed by atoms with E-state index in [1.807, 2.05) is 19.1 Å². The molecule has 0 N–H and O–H groups in total. The fourth-order valence-corrected chi connectivity index (χ4v) is 0.591. The minimum absolute atomic E-state index is 0.468. The largest absolute Gasteiger partial charge is 0.361 e. The maximum absolute atomic E-state index is 6.60. The van der Waals surface area contributed by atoms with E-state index in [0.29, 0.717) is 5.82 Å². The Morgan fingerprint density at radius 3 is 2.78 bits per heavy atom. The van der Waals surface area contributed by atoms with Gasteiger partial charge >= 0.3 is 0 Å². The monoisotopic (exact) mass is 118 g/mol. The molecule has 2 heteroatoms. The normalized spacial score (nSPS) is 8.44. The van der Waals surface area contributed by atoms with E-state index >= 15 is 0 Å². The molecule has 9 heavy (non-hydrogen) atoms. The van der Waals surface area contributed by atoms with Crippen molar-refractivity contribution >= 4 is 5.82 Å². The van der Waals surface area contributed by atoms with E-state index < -0.39 is 0 Å². The summed E-state index contributed by atoms with van der Waals surface area (Å²) in [6.07, 6.45) is 0. The van der Waals surface area contributed by atoms with E-state index in [0.717, 1.165) is 5.69 Å². The molecule has 2 nitrogen and oxygen atoms in total. The summed E-state index contributed by atoms with van der Waals surface area (Å²) in [5.41, 5.74) is 0.892. The van der Waals surface area contributed by atoms with Crippen molar-refractivity contribution in [2.45, 2.75) is 6.92 Å². The zero-order valence-electron chi connectivity index (χ0n) is 5.13. The van der Waals surface area contributed by atoms with E-state index in [1.54, 1.807) is 6.07 Å². The number of rotatable bonds is 0. The van der Waals surface area contributed by atoms with Crippen LogP contribution in [0.1, 0.15) is 5.69 Å². The van der Waals surface area contributed by atoms with Crippen LogP contribution in [0.25, 0.3) is 4.85 Å².